The lowest BCUT2D eigenvalue weighted by atomic mass is 9.45. The normalized spacial score (nSPS) is 32.7. The van der Waals surface area contributed by atoms with Crippen molar-refractivity contribution in [1.29, 1.82) is 0 Å². The SMILES string of the molecule is CC1(C)[C@H]2C[C@@H]1[C@H](NCc1ccccc1)[C@H](C(=O)O)C2.Cl. The number of nitrogens with one attached hydrogen (secondary N) is 1. The van der Waals surface area contributed by atoms with Crippen LogP contribution in [0, 0.1) is 23.2 Å². The van der Waals surface area contributed by atoms with Gasteiger partial charge in [0.05, 0.1) is 5.92 Å². The summed E-state index contributed by atoms with van der Waals surface area (Å²) in [7, 11) is 0. The highest BCUT2D eigenvalue weighted by Crippen LogP contribution is 2.60. The molecule has 0 aromatic heterocycles. The van der Waals surface area contributed by atoms with Gasteiger partial charge < -0.3 is 10.4 Å². The van der Waals surface area contributed by atoms with Crippen molar-refractivity contribution in [1.82, 2.24) is 5.32 Å². The van der Waals surface area contributed by atoms with Crippen LogP contribution < -0.4 is 5.32 Å². The van der Waals surface area contributed by atoms with Crippen molar-refractivity contribution in [2.24, 2.45) is 23.2 Å². The average Bonchev–Trinajstić information content (AvgIpc) is 2.45. The lowest BCUT2D eigenvalue weighted by Crippen LogP contribution is -2.63. The van der Waals surface area contributed by atoms with Gasteiger partial charge in [0, 0.05) is 12.6 Å². The molecule has 3 aliphatic rings. The monoisotopic (exact) mass is 309 g/mol. The van der Waals surface area contributed by atoms with Gasteiger partial charge in [-0.2, -0.15) is 0 Å². The third-order valence-corrected chi connectivity index (χ3v) is 5.65. The second-order valence-corrected chi connectivity index (χ2v) is 6.93. The van der Waals surface area contributed by atoms with Crippen LogP contribution in [-0.2, 0) is 11.3 Å². The molecule has 2 N–H and O–H groups in total. The van der Waals surface area contributed by atoms with Crippen molar-refractivity contribution >= 4 is 18.4 Å². The molecule has 2 bridgehead atoms. The highest BCUT2D eigenvalue weighted by atomic mass is 35.5. The minimum absolute atomic E-state index is 0. The number of hydrogen-bond donors (Lipinski definition) is 2. The van der Waals surface area contributed by atoms with Crippen LogP contribution in [0.5, 0.6) is 0 Å². The Morgan fingerprint density at radius 1 is 1.29 bits per heavy atom. The van der Waals surface area contributed by atoms with Crippen molar-refractivity contribution in [2.75, 3.05) is 0 Å². The first-order chi connectivity index (χ1) is 9.50. The fourth-order valence-corrected chi connectivity index (χ4v) is 4.17. The van der Waals surface area contributed by atoms with Crippen LogP contribution >= 0.6 is 12.4 Å². The molecule has 0 spiro atoms. The molecule has 0 amide bonds. The zero-order valence-corrected chi connectivity index (χ0v) is 13.4. The van der Waals surface area contributed by atoms with Gasteiger partial charge in [-0.05, 0) is 35.7 Å². The van der Waals surface area contributed by atoms with E-state index in [1.54, 1.807) is 0 Å². The molecule has 3 fully saturated rings. The Morgan fingerprint density at radius 3 is 2.52 bits per heavy atom. The molecule has 1 aromatic carbocycles. The highest BCUT2D eigenvalue weighted by molar-refractivity contribution is 5.85. The summed E-state index contributed by atoms with van der Waals surface area (Å²) >= 11 is 0. The molecular weight excluding hydrogens is 286 g/mol. The second-order valence-electron chi connectivity index (χ2n) is 6.93. The van der Waals surface area contributed by atoms with Gasteiger partial charge in [0.15, 0.2) is 0 Å². The molecule has 116 valence electrons. The highest BCUT2D eigenvalue weighted by Gasteiger charge is 2.59. The fourth-order valence-electron chi connectivity index (χ4n) is 4.17. The van der Waals surface area contributed by atoms with Gasteiger partial charge in [-0.15, -0.1) is 12.4 Å². The molecule has 4 rings (SSSR count). The number of halogens is 1. The van der Waals surface area contributed by atoms with Gasteiger partial charge >= 0.3 is 5.97 Å². The maximum absolute atomic E-state index is 11.5. The number of carboxylic acid groups (broad SMARTS) is 1. The van der Waals surface area contributed by atoms with Crippen molar-refractivity contribution in [3.8, 4) is 0 Å². The summed E-state index contributed by atoms with van der Waals surface area (Å²) in [6.07, 6.45) is 2.01. The van der Waals surface area contributed by atoms with E-state index in [1.807, 2.05) is 18.2 Å². The lowest BCUT2D eigenvalue weighted by Gasteiger charge is -2.62. The second kappa shape index (κ2) is 5.98. The van der Waals surface area contributed by atoms with Crippen LogP contribution in [0.3, 0.4) is 0 Å². The third kappa shape index (κ3) is 2.82. The fraction of sp³-hybridized carbons (Fsp3) is 0.588. The van der Waals surface area contributed by atoms with Crippen molar-refractivity contribution in [2.45, 2.75) is 39.3 Å². The van der Waals surface area contributed by atoms with Crippen molar-refractivity contribution in [3.05, 3.63) is 35.9 Å². The number of carboxylic acids is 1. The molecular formula is C17H24ClNO2. The Hall–Kier alpha value is -1.06. The van der Waals surface area contributed by atoms with E-state index >= 15 is 0 Å². The van der Waals surface area contributed by atoms with E-state index in [9.17, 15) is 9.90 Å². The van der Waals surface area contributed by atoms with Crippen LogP contribution in [0.1, 0.15) is 32.3 Å². The number of hydrogen-bond acceptors (Lipinski definition) is 2. The first-order valence-corrected chi connectivity index (χ1v) is 7.50. The number of carbonyl (C=O) groups is 1. The van der Waals surface area contributed by atoms with Crippen LogP contribution in [0.4, 0.5) is 0 Å². The molecule has 3 aliphatic carbocycles. The molecule has 0 aliphatic heterocycles. The summed E-state index contributed by atoms with van der Waals surface area (Å²) in [6, 6.07) is 10.3. The maximum atomic E-state index is 11.5. The molecule has 1 aromatic rings. The zero-order valence-electron chi connectivity index (χ0n) is 12.6. The molecule has 3 nitrogen and oxygen atoms in total. The topological polar surface area (TPSA) is 49.3 Å². The third-order valence-electron chi connectivity index (χ3n) is 5.65. The zero-order chi connectivity index (χ0) is 14.3. The van der Waals surface area contributed by atoms with E-state index in [0.717, 1.165) is 13.0 Å². The molecule has 0 saturated heterocycles. The van der Waals surface area contributed by atoms with E-state index in [1.165, 1.54) is 12.0 Å². The van der Waals surface area contributed by atoms with Gasteiger partial charge in [0.2, 0.25) is 0 Å². The lowest BCUT2D eigenvalue weighted by molar-refractivity contribution is -0.162. The predicted octanol–water partition coefficient (Wildman–Crippen LogP) is 3.33. The van der Waals surface area contributed by atoms with E-state index < -0.39 is 5.97 Å². The Morgan fingerprint density at radius 2 is 1.95 bits per heavy atom. The standard InChI is InChI=1S/C17H23NO2.ClH/c1-17(2)12-8-13(16(19)20)15(14(17)9-12)18-10-11-6-4-3-5-7-11;/h3-7,12-15,18H,8-10H2,1-2H3,(H,19,20);1H/t12-,13-,14-,15-;/m1./s1. The van der Waals surface area contributed by atoms with E-state index in [0.29, 0.717) is 17.3 Å². The van der Waals surface area contributed by atoms with Gasteiger partial charge in [-0.1, -0.05) is 44.2 Å². The number of rotatable bonds is 4. The predicted molar refractivity (Wildman–Crippen MR) is 85.4 cm³/mol. The Bertz CT molecular complexity index is 503. The molecule has 4 atom stereocenters. The summed E-state index contributed by atoms with van der Waals surface area (Å²) in [4.78, 5) is 11.5. The number of benzene rings is 1. The quantitative estimate of drug-likeness (QED) is 0.897. The summed E-state index contributed by atoms with van der Waals surface area (Å²) in [5, 5.41) is 13.0. The molecule has 21 heavy (non-hydrogen) atoms. The molecule has 0 unspecified atom stereocenters. The van der Waals surface area contributed by atoms with Crippen LogP contribution in [0.15, 0.2) is 30.3 Å². The van der Waals surface area contributed by atoms with Crippen LogP contribution in [-0.4, -0.2) is 17.1 Å². The van der Waals surface area contributed by atoms with Gasteiger partial charge in [0.1, 0.15) is 0 Å². The van der Waals surface area contributed by atoms with Gasteiger partial charge in [-0.25, -0.2) is 0 Å². The van der Waals surface area contributed by atoms with Crippen molar-refractivity contribution < 1.29 is 9.90 Å². The molecule has 0 heterocycles. The van der Waals surface area contributed by atoms with Gasteiger partial charge in [0.25, 0.3) is 0 Å². The van der Waals surface area contributed by atoms with Crippen molar-refractivity contribution in [3.63, 3.8) is 0 Å². The Labute approximate surface area is 132 Å². The Balaban J connectivity index is 0.00000161. The minimum atomic E-state index is -0.638. The first-order valence-electron chi connectivity index (χ1n) is 7.50. The molecule has 0 radical (unpaired) electrons. The Kier molecular flexibility index (Phi) is 4.64. The average molecular weight is 310 g/mol. The smallest absolute Gasteiger partial charge is 0.308 e. The van der Waals surface area contributed by atoms with Crippen LogP contribution in [0.2, 0.25) is 0 Å². The van der Waals surface area contributed by atoms with E-state index in [4.69, 9.17) is 0 Å². The van der Waals surface area contributed by atoms with E-state index in [2.05, 4.69) is 31.3 Å². The summed E-state index contributed by atoms with van der Waals surface area (Å²) in [6.45, 7) is 5.34. The van der Waals surface area contributed by atoms with E-state index in [-0.39, 0.29) is 24.4 Å². The first kappa shape index (κ1) is 16.3. The summed E-state index contributed by atoms with van der Waals surface area (Å²) in [5.74, 6) is 0.214. The summed E-state index contributed by atoms with van der Waals surface area (Å²) < 4.78 is 0. The van der Waals surface area contributed by atoms with Gasteiger partial charge in [-0.3, -0.25) is 4.79 Å². The maximum Gasteiger partial charge on any atom is 0.308 e. The largest absolute Gasteiger partial charge is 0.481 e. The molecule has 4 heteroatoms. The molecule has 3 saturated carbocycles. The van der Waals surface area contributed by atoms with Crippen LogP contribution in [0.25, 0.3) is 0 Å². The minimum Gasteiger partial charge on any atom is -0.481 e. The number of aliphatic carboxylic acids is 1. The summed E-state index contributed by atoms with van der Waals surface area (Å²) in [5.41, 5.74) is 1.51. The number of fused-ring (bicyclic) bond motifs is 2.